The highest BCUT2D eigenvalue weighted by molar-refractivity contribution is 5.90. The van der Waals surface area contributed by atoms with Crippen molar-refractivity contribution >= 4 is 11.6 Å². The fourth-order valence-corrected chi connectivity index (χ4v) is 1.95. The Balaban J connectivity index is 1.74. The highest BCUT2D eigenvalue weighted by atomic mass is 16.5. The van der Waals surface area contributed by atoms with Gasteiger partial charge in [-0.2, -0.15) is 4.98 Å². The van der Waals surface area contributed by atoms with Crippen molar-refractivity contribution in [2.24, 2.45) is 0 Å². The number of hydrogen-bond donors (Lipinski definition) is 1. The van der Waals surface area contributed by atoms with Crippen LogP contribution in [0.1, 0.15) is 38.4 Å². The zero-order valence-electron chi connectivity index (χ0n) is 13.1. The predicted octanol–water partition coefficient (Wildman–Crippen LogP) is 3.13. The monoisotopic (exact) mass is 303 g/mol. The van der Waals surface area contributed by atoms with E-state index in [2.05, 4.69) is 15.5 Å². The minimum atomic E-state index is -0.0336. The van der Waals surface area contributed by atoms with Gasteiger partial charge in [-0.25, -0.2) is 0 Å². The number of carbonyl (C=O) groups excluding carboxylic acids is 1. The van der Waals surface area contributed by atoms with E-state index in [9.17, 15) is 4.79 Å². The Morgan fingerprint density at radius 1 is 1.32 bits per heavy atom. The summed E-state index contributed by atoms with van der Waals surface area (Å²) in [7, 11) is 0. The minimum absolute atomic E-state index is 0.0336. The van der Waals surface area contributed by atoms with Gasteiger partial charge in [-0.15, -0.1) is 0 Å². The number of rotatable bonds is 7. The van der Waals surface area contributed by atoms with Crippen LogP contribution in [0.3, 0.4) is 0 Å². The molecule has 6 nitrogen and oxygen atoms in total. The van der Waals surface area contributed by atoms with Crippen LogP contribution in [-0.4, -0.2) is 22.2 Å². The molecule has 6 heteroatoms. The summed E-state index contributed by atoms with van der Waals surface area (Å²) in [6.07, 6.45) is 1.82. The molecule has 0 saturated carbocycles. The molecule has 0 aliphatic rings. The van der Waals surface area contributed by atoms with Gasteiger partial charge < -0.3 is 14.6 Å². The van der Waals surface area contributed by atoms with Crippen LogP contribution in [0.2, 0.25) is 0 Å². The molecule has 118 valence electrons. The molecule has 0 unspecified atom stereocenters. The average molecular weight is 303 g/mol. The van der Waals surface area contributed by atoms with E-state index >= 15 is 0 Å². The van der Waals surface area contributed by atoms with Crippen molar-refractivity contribution < 1.29 is 14.1 Å². The Kier molecular flexibility index (Phi) is 5.52. The van der Waals surface area contributed by atoms with E-state index in [0.717, 1.165) is 11.4 Å². The third-order valence-electron chi connectivity index (χ3n) is 2.87. The van der Waals surface area contributed by atoms with Gasteiger partial charge in [0.2, 0.25) is 11.8 Å². The normalized spacial score (nSPS) is 10.7. The molecule has 1 aromatic carbocycles. The van der Waals surface area contributed by atoms with E-state index < -0.39 is 0 Å². The van der Waals surface area contributed by atoms with Crippen LogP contribution in [0.15, 0.2) is 28.8 Å². The first-order chi connectivity index (χ1) is 10.5. The molecule has 0 atom stereocenters. The molecular formula is C16H21N3O3. The summed E-state index contributed by atoms with van der Waals surface area (Å²) in [6.45, 7) is 5.72. The molecule has 1 heterocycles. The van der Waals surface area contributed by atoms with Crippen LogP contribution in [-0.2, 0) is 11.2 Å². The van der Waals surface area contributed by atoms with Crippen molar-refractivity contribution in [3.8, 4) is 5.75 Å². The molecule has 0 aliphatic carbocycles. The van der Waals surface area contributed by atoms with Gasteiger partial charge in [0.05, 0.1) is 6.10 Å². The second-order valence-corrected chi connectivity index (χ2v) is 5.33. The number of benzene rings is 1. The Morgan fingerprint density at radius 3 is 2.64 bits per heavy atom. The number of nitrogens with zero attached hydrogens (tertiary/aromatic N) is 2. The van der Waals surface area contributed by atoms with Crippen LogP contribution in [0, 0.1) is 6.92 Å². The number of aromatic nitrogens is 2. The van der Waals surface area contributed by atoms with E-state index in [1.165, 1.54) is 0 Å². The maximum absolute atomic E-state index is 11.9. The first kappa shape index (κ1) is 16.0. The summed E-state index contributed by atoms with van der Waals surface area (Å²) in [4.78, 5) is 16.0. The molecule has 2 rings (SSSR count). The number of nitrogens with one attached hydrogen (secondary N) is 1. The highest BCUT2D eigenvalue weighted by Gasteiger charge is 2.06. The average Bonchev–Trinajstić information content (AvgIpc) is 2.86. The van der Waals surface area contributed by atoms with Crippen molar-refractivity contribution in [1.82, 2.24) is 10.1 Å². The fourth-order valence-electron chi connectivity index (χ4n) is 1.95. The molecule has 2 aromatic rings. The van der Waals surface area contributed by atoms with E-state index in [0.29, 0.717) is 31.0 Å². The van der Waals surface area contributed by atoms with Gasteiger partial charge in [-0.3, -0.25) is 4.79 Å². The lowest BCUT2D eigenvalue weighted by molar-refractivity contribution is -0.116. The van der Waals surface area contributed by atoms with Crippen LogP contribution in [0.4, 0.5) is 5.69 Å². The molecule has 0 fully saturated rings. The van der Waals surface area contributed by atoms with Gasteiger partial charge in [0.15, 0.2) is 5.82 Å². The van der Waals surface area contributed by atoms with Crippen molar-refractivity contribution in [3.05, 3.63) is 36.0 Å². The second kappa shape index (κ2) is 7.59. The minimum Gasteiger partial charge on any atom is -0.491 e. The fraction of sp³-hybridized carbons (Fsp3) is 0.438. The van der Waals surface area contributed by atoms with Crippen molar-refractivity contribution in [3.63, 3.8) is 0 Å². The molecule has 1 amide bonds. The molecular weight excluding hydrogens is 282 g/mol. The molecule has 0 radical (unpaired) electrons. The van der Waals surface area contributed by atoms with Crippen molar-refractivity contribution in [2.45, 2.75) is 46.1 Å². The molecule has 1 aromatic heterocycles. The number of hydrogen-bond acceptors (Lipinski definition) is 5. The maximum Gasteiger partial charge on any atom is 0.226 e. The predicted molar refractivity (Wildman–Crippen MR) is 82.8 cm³/mol. The standard InChI is InChI=1S/C16H21N3O3/c1-11(2)21-14-9-7-13(8-10-14)18-15(20)5-4-6-16-17-12(3)19-22-16/h7-11H,4-6H2,1-3H3,(H,18,20). The topological polar surface area (TPSA) is 77.2 Å². The van der Waals surface area contributed by atoms with E-state index in [4.69, 9.17) is 9.26 Å². The number of carbonyl (C=O) groups is 1. The lowest BCUT2D eigenvalue weighted by Gasteiger charge is -2.10. The summed E-state index contributed by atoms with van der Waals surface area (Å²) in [6, 6.07) is 7.35. The first-order valence-electron chi connectivity index (χ1n) is 7.38. The van der Waals surface area contributed by atoms with Crippen molar-refractivity contribution in [1.29, 1.82) is 0 Å². The number of aryl methyl sites for hydroxylation is 2. The smallest absolute Gasteiger partial charge is 0.226 e. The van der Waals surface area contributed by atoms with Gasteiger partial charge in [-0.1, -0.05) is 5.16 Å². The molecule has 22 heavy (non-hydrogen) atoms. The van der Waals surface area contributed by atoms with Gasteiger partial charge in [-0.05, 0) is 51.5 Å². The molecule has 0 bridgehead atoms. The molecule has 1 N–H and O–H groups in total. The zero-order valence-corrected chi connectivity index (χ0v) is 13.1. The largest absolute Gasteiger partial charge is 0.491 e. The summed E-state index contributed by atoms with van der Waals surface area (Å²) in [5.41, 5.74) is 0.759. The Hall–Kier alpha value is -2.37. The third kappa shape index (κ3) is 5.20. The zero-order chi connectivity index (χ0) is 15.9. The summed E-state index contributed by atoms with van der Waals surface area (Å²) >= 11 is 0. The van der Waals surface area contributed by atoms with E-state index in [1.807, 2.05) is 38.1 Å². The summed E-state index contributed by atoms with van der Waals surface area (Å²) in [5.74, 6) is 1.94. The SMILES string of the molecule is Cc1noc(CCCC(=O)Nc2ccc(OC(C)C)cc2)n1. The molecule has 0 saturated heterocycles. The van der Waals surface area contributed by atoms with Crippen LogP contribution in [0.5, 0.6) is 5.75 Å². The molecule has 0 aliphatic heterocycles. The summed E-state index contributed by atoms with van der Waals surface area (Å²) < 4.78 is 10.6. The van der Waals surface area contributed by atoms with Crippen LogP contribution >= 0.6 is 0 Å². The lowest BCUT2D eigenvalue weighted by atomic mass is 10.2. The van der Waals surface area contributed by atoms with E-state index in [1.54, 1.807) is 6.92 Å². The Labute approximate surface area is 129 Å². The quantitative estimate of drug-likeness (QED) is 0.850. The number of ether oxygens (including phenoxy) is 1. The van der Waals surface area contributed by atoms with E-state index in [-0.39, 0.29) is 12.0 Å². The third-order valence-corrected chi connectivity index (χ3v) is 2.87. The van der Waals surface area contributed by atoms with Crippen LogP contribution in [0.25, 0.3) is 0 Å². The number of anilines is 1. The highest BCUT2D eigenvalue weighted by Crippen LogP contribution is 2.17. The van der Waals surface area contributed by atoms with Gasteiger partial charge in [0.1, 0.15) is 5.75 Å². The van der Waals surface area contributed by atoms with Crippen molar-refractivity contribution in [2.75, 3.05) is 5.32 Å². The first-order valence-corrected chi connectivity index (χ1v) is 7.38. The Morgan fingerprint density at radius 2 is 2.05 bits per heavy atom. The van der Waals surface area contributed by atoms with Gasteiger partial charge in [0.25, 0.3) is 0 Å². The second-order valence-electron chi connectivity index (χ2n) is 5.33. The maximum atomic E-state index is 11.9. The van der Waals surface area contributed by atoms with Gasteiger partial charge in [0, 0.05) is 18.5 Å². The lowest BCUT2D eigenvalue weighted by Crippen LogP contribution is -2.11. The molecule has 0 spiro atoms. The number of amides is 1. The summed E-state index contributed by atoms with van der Waals surface area (Å²) in [5, 5.41) is 6.57. The Bertz CT molecular complexity index is 605. The van der Waals surface area contributed by atoms with Crippen LogP contribution < -0.4 is 10.1 Å². The van der Waals surface area contributed by atoms with Gasteiger partial charge >= 0.3 is 0 Å².